The largest absolute Gasteiger partial charge is 0.354 e. The molecule has 2 heterocycles. The molecule has 0 N–H and O–H groups in total. The molecule has 0 amide bonds. The number of rotatable bonds is 1. The van der Waals surface area contributed by atoms with Crippen molar-refractivity contribution >= 4 is 52.4 Å². The first-order valence-electron chi connectivity index (χ1n) is 5.79. The molecule has 6 heteroatoms. The third-order valence-corrected chi connectivity index (χ3v) is 5.33. The number of nitrogens with zero attached hydrogens (tertiary/aromatic N) is 2. The van der Waals surface area contributed by atoms with Crippen molar-refractivity contribution < 1.29 is 0 Å². The second-order valence-electron chi connectivity index (χ2n) is 4.91. The SMILES string of the molecule is CC1(C)CCN(c2nc(Cl)c(Cl)cc2Cl)CCS1. The van der Waals surface area contributed by atoms with Crippen LogP contribution in [0.5, 0.6) is 0 Å². The monoisotopic (exact) mass is 324 g/mol. The van der Waals surface area contributed by atoms with Crippen LogP contribution in [0.15, 0.2) is 6.07 Å². The molecule has 0 unspecified atom stereocenters. The molecule has 1 aromatic rings. The van der Waals surface area contributed by atoms with Gasteiger partial charge in [-0.15, -0.1) is 0 Å². The fourth-order valence-corrected chi connectivity index (χ4v) is 3.60. The van der Waals surface area contributed by atoms with Crippen LogP contribution < -0.4 is 4.90 Å². The lowest BCUT2D eigenvalue weighted by atomic mass is 10.1. The normalized spacial score (nSPS) is 19.7. The topological polar surface area (TPSA) is 16.1 Å². The average Bonchev–Trinajstić information content (AvgIpc) is 2.45. The maximum absolute atomic E-state index is 6.21. The lowest BCUT2D eigenvalue weighted by Gasteiger charge is -2.24. The van der Waals surface area contributed by atoms with Gasteiger partial charge >= 0.3 is 0 Å². The highest BCUT2D eigenvalue weighted by molar-refractivity contribution is 8.00. The summed E-state index contributed by atoms with van der Waals surface area (Å²) in [7, 11) is 0. The molecule has 2 nitrogen and oxygen atoms in total. The Morgan fingerprint density at radius 3 is 2.67 bits per heavy atom. The summed E-state index contributed by atoms with van der Waals surface area (Å²) in [6.45, 7) is 6.40. The van der Waals surface area contributed by atoms with E-state index in [4.69, 9.17) is 34.8 Å². The molecule has 0 aromatic carbocycles. The Morgan fingerprint density at radius 2 is 1.94 bits per heavy atom. The summed E-state index contributed by atoms with van der Waals surface area (Å²) >= 11 is 20.1. The van der Waals surface area contributed by atoms with E-state index in [1.807, 2.05) is 11.8 Å². The number of aromatic nitrogens is 1. The molecule has 0 atom stereocenters. The van der Waals surface area contributed by atoms with Crippen molar-refractivity contribution in [3.05, 3.63) is 21.3 Å². The fraction of sp³-hybridized carbons (Fsp3) is 0.583. The van der Waals surface area contributed by atoms with Gasteiger partial charge in [-0.3, -0.25) is 0 Å². The fourth-order valence-electron chi connectivity index (χ4n) is 1.89. The van der Waals surface area contributed by atoms with E-state index in [0.717, 1.165) is 31.1 Å². The lowest BCUT2D eigenvalue weighted by molar-refractivity contribution is 0.635. The Morgan fingerprint density at radius 1 is 1.22 bits per heavy atom. The molecular formula is C12H15Cl3N2S. The molecule has 0 radical (unpaired) electrons. The number of thioether (sulfide) groups is 1. The van der Waals surface area contributed by atoms with E-state index in [1.165, 1.54) is 0 Å². The van der Waals surface area contributed by atoms with Crippen LogP contribution in [0.25, 0.3) is 0 Å². The Hall–Kier alpha value is 0.170. The number of hydrogen-bond donors (Lipinski definition) is 0. The van der Waals surface area contributed by atoms with E-state index >= 15 is 0 Å². The van der Waals surface area contributed by atoms with E-state index < -0.39 is 0 Å². The number of halogens is 3. The highest BCUT2D eigenvalue weighted by Crippen LogP contribution is 2.35. The highest BCUT2D eigenvalue weighted by atomic mass is 35.5. The minimum Gasteiger partial charge on any atom is -0.354 e. The zero-order valence-corrected chi connectivity index (χ0v) is 13.4. The van der Waals surface area contributed by atoms with Crippen LogP contribution in [0.4, 0.5) is 5.82 Å². The first kappa shape index (κ1) is 14.6. The number of hydrogen-bond acceptors (Lipinski definition) is 3. The van der Waals surface area contributed by atoms with Gasteiger partial charge in [0, 0.05) is 23.6 Å². The second kappa shape index (κ2) is 5.66. The average molecular weight is 326 g/mol. The molecule has 0 spiro atoms. The molecule has 0 saturated carbocycles. The van der Waals surface area contributed by atoms with E-state index in [-0.39, 0.29) is 0 Å². The molecule has 1 aromatic heterocycles. The summed E-state index contributed by atoms with van der Waals surface area (Å²) in [6, 6.07) is 1.66. The van der Waals surface area contributed by atoms with Gasteiger partial charge in [-0.25, -0.2) is 4.98 Å². The van der Waals surface area contributed by atoms with Crippen LogP contribution in [0.1, 0.15) is 20.3 Å². The van der Waals surface area contributed by atoms with Gasteiger partial charge in [0.2, 0.25) is 0 Å². The van der Waals surface area contributed by atoms with Crippen molar-refractivity contribution in [1.29, 1.82) is 0 Å². The number of pyridine rings is 1. The minimum atomic E-state index is 0.303. The highest BCUT2D eigenvalue weighted by Gasteiger charge is 2.25. The van der Waals surface area contributed by atoms with Crippen molar-refractivity contribution in [2.45, 2.75) is 25.0 Å². The Bertz CT molecular complexity index is 451. The molecule has 1 aliphatic heterocycles. The maximum Gasteiger partial charge on any atom is 0.150 e. The third kappa shape index (κ3) is 3.38. The van der Waals surface area contributed by atoms with Crippen LogP contribution in [-0.2, 0) is 0 Å². The Kier molecular flexibility index (Phi) is 4.58. The van der Waals surface area contributed by atoms with Crippen molar-refractivity contribution in [3.63, 3.8) is 0 Å². The van der Waals surface area contributed by atoms with Gasteiger partial charge in [-0.05, 0) is 12.5 Å². The number of anilines is 1. The van der Waals surface area contributed by atoms with Crippen LogP contribution >= 0.6 is 46.6 Å². The van der Waals surface area contributed by atoms with Crippen molar-refractivity contribution in [3.8, 4) is 0 Å². The minimum absolute atomic E-state index is 0.303. The van der Waals surface area contributed by atoms with E-state index in [1.54, 1.807) is 6.07 Å². The zero-order chi connectivity index (χ0) is 13.3. The van der Waals surface area contributed by atoms with Crippen LogP contribution in [0.3, 0.4) is 0 Å². The zero-order valence-electron chi connectivity index (χ0n) is 10.3. The molecule has 100 valence electrons. The molecule has 0 bridgehead atoms. The molecule has 18 heavy (non-hydrogen) atoms. The summed E-state index contributed by atoms with van der Waals surface area (Å²) in [4.78, 5) is 6.49. The second-order valence-corrected chi connectivity index (χ2v) is 7.89. The van der Waals surface area contributed by atoms with Gasteiger partial charge in [-0.2, -0.15) is 11.8 Å². The van der Waals surface area contributed by atoms with E-state index in [2.05, 4.69) is 23.7 Å². The summed E-state index contributed by atoms with van der Waals surface area (Å²) in [6.07, 6.45) is 1.09. The molecule has 2 rings (SSSR count). The molecule has 1 aliphatic rings. The molecule has 0 aliphatic carbocycles. The van der Waals surface area contributed by atoms with Crippen molar-refractivity contribution in [1.82, 2.24) is 4.98 Å². The summed E-state index contributed by atoms with van der Waals surface area (Å²) < 4.78 is 0.303. The van der Waals surface area contributed by atoms with Gasteiger partial charge in [0.15, 0.2) is 0 Å². The van der Waals surface area contributed by atoms with Crippen LogP contribution in [0, 0.1) is 0 Å². The predicted octanol–water partition coefficient (Wildman–Crippen LogP) is 4.76. The molecule has 1 saturated heterocycles. The Labute approximate surface area is 127 Å². The summed E-state index contributed by atoms with van der Waals surface area (Å²) in [5, 5.41) is 1.27. The lowest BCUT2D eigenvalue weighted by Crippen LogP contribution is -2.28. The van der Waals surface area contributed by atoms with E-state index in [9.17, 15) is 0 Å². The van der Waals surface area contributed by atoms with Crippen LogP contribution in [-0.4, -0.2) is 28.6 Å². The summed E-state index contributed by atoms with van der Waals surface area (Å²) in [5.41, 5.74) is 0. The molecular weight excluding hydrogens is 311 g/mol. The molecule has 1 fully saturated rings. The van der Waals surface area contributed by atoms with Gasteiger partial charge < -0.3 is 4.90 Å². The maximum atomic E-state index is 6.21. The Balaban J connectivity index is 2.24. The van der Waals surface area contributed by atoms with Gasteiger partial charge in [0.05, 0.1) is 10.0 Å². The van der Waals surface area contributed by atoms with Gasteiger partial charge in [-0.1, -0.05) is 48.7 Å². The van der Waals surface area contributed by atoms with Crippen molar-refractivity contribution in [2.75, 3.05) is 23.7 Å². The van der Waals surface area contributed by atoms with Crippen LogP contribution in [0.2, 0.25) is 15.2 Å². The first-order valence-corrected chi connectivity index (χ1v) is 7.91. The third-order valence-electron chi connectivity index (χ3n) is 3.01. The van der Waals surface area contributed by atoms with E-state index in [0.29, 0.717) is 19.9 Å². The first-order chi connectivity index (χ1) is 8.39. The quantitative estimate of drug-likeness (QED) is 0.692. The standard InChI is InChI=1S/C12H15Cl3N2S/c1-12(2)3-4-17(5-6-18-12)11-9(14)7-8(13)10(15)16-11/h7H,3-6H2,1-2H3. The smallest absolute Gasteiger partial charge is 0.150 e. The summed E-state index contributed by atoms with van der Waals surface area (Å²) in [5.74, 6) is 1.80. The van der Waals surface area contributed by atoms with Gasteiger partial charge in [0.25, 0.3) is 0 Å². The predicted molar refractivity (Wildman–Crippen MR) is 82.6 cm³/mol. The van der Waals surface area contributed by atoms with Gasteiger partial charge in [0.1, 0.15) is 11.0 Å². The van der Waals surface area contributed by atoms with Crippen molar-refractivity contribution in [2.24, 2.45) is 0 Å².